The Bertz CT molecular complexity index is 334. The van der Waals surface area contributed by atoms with Gasteiger partial charge >= 0.3 is 0 Å². The van der Waals surface area contributed by atoms with E-state index in [1.54, 1.807) is 11.3 Å². The normalized spacial score (nSPS) is 25.6. The van der Waals surface area contributed by atoms with Gasteiger partial charge in [-0.1, -0.05) is 13.0 Å². The molecule has 4 heteroatoms. The van der Waals surface area contributed by atoms with Crippen molar-refractivity contribution in [2.24, 2.45) is 0 Å². The monoisotopic (exact) mass is 272 g/mol. The van der Waals surface area contributed by atoms with E-state index in [0.29, 0.717) is 17.5 Å². The minimum Gasteiger partial charge on any atom is -0.298 e. The first-order valence-corrected chi connectivity index (χ1v) is 8.53. The Labute approximate surface area is 109 Å². The van der Waals surface area contributed by atoms with Gasteiger partial charge in [0.15, 0.2) is 0 Å². The second kappa shape index (κ2) is 6.12. The van der Waals surface area contributed by atoms with Crippen molar-refractivity contribution >= 4 is 40.6 Å². The fourth-order valence-corrected chi connectivity index (χ4v) is 5.31. The highest BCUT2D eigenvalue weighted by molar-refractivity contribution is 8.07. The zero-order valence-electron chi connectivity index (χ0n) is 9.35. The van der Waals surface area contributed by atoms with E-state index >= 15 is 0 Å². The summed E-state index contributed by atoms with van der Waals surface area (Å²) in [7, 11) is 0. The molecule has 0 spiro atoms. The number of rotatable bonds is 4. The second-order valence-electron chi connectivity index (χ2n) is 3.91. The van der Waals surface area contributed by atoms with Gasteiger partial charge in [0.05, 0.1) is 5.25 Å². The molecule has 2 unspecified atom stereocenters. The van der Waals surface area contributed by atoms with Crippen molar-refractivity contribution in [1.29, 1.82) is 0 Å². The highest BCUT2D eigenvalue weighted by Gasteiger charge is 2.28. The van der Waals surface area contributed by atoms with Crippen LogP contribution in [0.2, 0.25) is 0 Å². The minimum absolute atomic E-state index is 0.235. The molecule has 0 amide bonds. The van der Waals surface area contributed by atoms with E-state index in [9.17, 15) is 4.79 Å². The lowest BCUT2D eigenvalue weighted by Crippen LogP contribution is -2.31. The quantitative estimate of drug-likeness (QED) is 0.835. The van der Waals surface area contributed by atoms with E-state index in [0.717, 1.165) is 12.2 Å². The van der Waals surface area contributed by atoms with Crippen molar-refractivity contribution in [1.82, 2.24) is 0 Å². The third-order valence-electron chi connectivity index (χ3n) is 2.70. The SMILES string of the molecule is CC1SCCSC1C(=O)CCc1cccs1. The molecule has 1 saturated heterocycles. The zero-order chi connectivity index (χ0) is 11.4. The van der Waals surface area contributed by atoms with Crippen LogP contribution in [0.15, 0.2) is 17.5 Å². The lowest BCUT2D eigenvalue weighted by molar-refractivity contribution is -0.118. The van der Waals surface area contributed by atoms with Gasteiger partial charge in [0.2, 0.25) is 0 Å². The van der Waals surface area contributed by atoms with E-state index in [-0.39, 0.29) is 5.25 Å². The van der Waals surface area contributed by atoms with Gasteiger partial charge in [-0.25, -0.2) is 0 Å². The van der Waals surface area contributed by atoms with Gasteiger partial charge in [0.25, 0.3) is 0 Å². The lowest BCUT2D eigenvalue weighted by atomic mass is 10.1. The summed E-state index contributed by atoms with van der Waals surface area (Å²) in [4.78, 5) is 13.4. The smallest absolute Gasteiger partial charge is 0.147 e. The van der Waals surface area contributed by atoms with Crippen molar-refractivity contribution in [3.8, 4) is 0 Å². The maximum absolute atomic E-state index is 12.1. The molecule has 1 fully saturated rings. The van der Waals surface area contributed by atoms with Crippen molar-refractivity contribution in [3.63, 3.8) is 0 Å². The lowest BCUT2D eigenvalue weighted by Gasteiger charge is -2.26. The maximum atomic E-state index is 12.1. The molecule has 1 aromatic rings. The summed E-state index contributed by atoms with van der Waals surface area (Å²) < 4.78 is 0. The van der Waals surface area contributed by atoms with Gasteiger partial charge < -0.3 is 0 Å². The van der Waals surface area contributed by atoms with Crippen LogP contribution in [-0.4, -0.2) is 27.8 Å². The van der Waals surface area contributed by atoms with Crippen LogP contribution in [0.25, 0.3) is 0 Å². The average Bonchev–Trinajstić information content (AvgIpc) is 2.79. The first kappa shape index (κ1) is 12.5. The molecule has 0 aromatic carbocycles. The van der Waals surface area contributed by atoms with Crippen molar-refractivity contribution < 1.29 is 4.79 Å². The highest BCUT2D eigenvalue weighted by atomic mass is 32.2. The molecule has 1 nitrogen and oxygen atoms in total. The first-order chi connectivity index (χ1) is 7.77. The molecule has 0 saturated carbocycles. The predicted molar refractivity (Wildman–Crippen MR) is 75.8 cm³/mol. The molecule has 16 heavy (non-hydrogen) atoms. The first-order valence-electron chi connectivity index (χ1n) is 5.55. The van der Waals surface area contributed by atoms with Crippen molar-refractivity contribution in [3.05, 3.63) is 22.4 Å². The predicted octanol–water partition coefficient (Wildman–Crippen LogP) is 3.49. The van der Waals surface area contributed by atoms with E-state index in [2.05, 4.69) is 24.4 Å². The molecule has 0 N–H and O–H groups in total. The molecule has 2 atom stereocenters. The molecular formula is C12H16OS3. The van der Waals surface area contributed by atoms with Crippen molar-refractivity contribution in [2.75, 3.05) is 11.5 Å². The van der Waals surface area contributed by atoms with Gasteiger partial charge in [0.1, 0.15) is 5.78 Å². The number of hydrogen-bond acceptors (Lipinski definition) is 4. The summed E-state index contributed by atoms with van der Waals surface area (Å²) in [5.74, 6) is 2.77. The molecule has 0 aliphatic carbocycles. The van der Waals surface area contributed by atoms with Crippen LogP contribution in [-0.2, 0) is 11.2 Å². The number of ketones is 1. The topological polar surface area (TPSA) is 17.1 Å². The average molecular weight is 272 g/mol. The highest BCUT2D eigenvalue weighted by Crippen LogP contribution is 2.32. The van der Waals surface area contributed by atoms with E-state index in [1.165, 1.54) is 10.6 Å². The fourth-order valence-electron chi connectivity index (χ4n) is 1.83. The fraction of sp³-hybridized carbons (Fsp3) is 0.583. The number of carbonyl (C=O) groups is 1. The molecule has 88 valence electrons. The number of aryl methyl sites for hydroxylation is 1. The van der Waals surface area contributed by atoms with Crippen LogP contribution in [0.4, 0.5) is 0 Å². The van der Waals surface area contributed by atoms with Crippen LogP contribution < -0.4 is 0 Å². The minimum atomic E-state index is 0.235. The standard InChI is InChI=1S/C12H16OS3/c1-9-12(16-8-7-14-9)11(13)5-4-10-3-2-6-15-10/h2-3,6,9,12H,4-5,7-8H2,1H3. The molecule has 0 radical (unpaired) electrons. The second-order valence-corrected chi connectivity index (χ2v) is 7.68. The molecule has 2 rings (SSSR count). The Balaban J connectivity index is 1.83. The Morgan fingerprint density at radius 2 is 2.25 bits per heavy atom. The molecule has 2 heterocycles. The summed E-state index contributed by atoms with van der Waals surface area (Å²) in [6.07, 6.45) is 1.63. The molecular weight excluding hydrogens is 256 g/mol. The van der Waals surface area contributed by atoms with Gasteiger partial charge in [-0.2, -0.15) is 11.8 Å². The Kier molecular flexibility index (Phi) is 4.79. The molecule has 1 aliphatic rings. The Hall–Kier alpha value is 0.0700. The zero-order valence-corrected chi connectivity index (χ0v) is 11.8. The molecule has 0 bridgehead atoms. The summed E-state index contributed by atoms with van der Waals surface area (Å²) in [6.45, 7) is 2.19. The summed E-state index contributed by atoms with van der Waals surface area (Å²) in [6, 6.07) is 4.17. The third kappa shape index (κ3) is 3.28. The van der Waals surface area contributed by atoms with Crippen LogP contribution in [0.3, 0.4) is 0 Å². The van der Waals surface area contributed by atoms with E-state index in [4.69, 9.17) is 0 Å². The Morgan fingerprint density at radius 3 is 2.94 bits per heavy atom. The van der Waals surface area contributed by atoms with Gasteiger partial charge in [0, 0.05) is 28.1 Å². The molecule has 1 aromatic heterocycles. The van der Waals surface area contributed by atoms with Gasteiger partial charge in [-0.05, 0) is 17.9 Å². The van der Waals surface area contributed by atoms with E-state index < -0.39 is 0 Å². The largest absolute Gasteiger partial charge is 0.298 e. The van der Waals surface area contributed by atoms with Crippen LogP contribution in [0.5, 0.6) is 0 Å². The number of Topliss-reactive ketones (excluding diaryl/α,β-unsaturated/α-hetero) is 1. The van der Waals surface area contributed by atoms with Crippen LogP contribution in [0, 0.1) is 0 Å². The summed E-state index contributed by atoms with van der Waals surface area (Å²) in [5, 5.41) is 2.81. The Morgan fingerprint density at radius 1 is 1.44 bits per heavy atom. The van der Waals surface area contributed by atoms with Crippen LogP contribution in [0.1, 0.15) is 18.2 Å². The molecule has 1 aliphatic heterocycles. The third-order valence-corrected chi connectivity index (χ3v) is 6.78. The number of thiophene rings is 1. The number of hydrogen-bond donors (Lipinski definition) is 0. The van der Waals surface area contributed by atoms with Crippen molar-refractivity contribution in [2.45, 2.75) is 30.3 Å². The maximum Gasteiger partial charge on any atom is 0.147 e. The summed E-state index contributed by atoms with van der Waals surface area (Å²) in [5.41, 5.74) is 0. The number of carbonyl (C=O) groups excluding carboxylic acids is 1. The van der Waals surface area contributed by atoms with Gasteiger partial charge in [-0.3, -0.25) is 4.79 Å². The summed E-state index contributed by atoms with van der Waals surface area (Å²) >= 11 is 5.54. The van der Waals surface area contributed by atoms with Gasteiger partial charge in [-0.15, -0.1) is 23.1 Å². The van der Waals surface area contributed by atoms with E-state index in [1.807, 2.05) is 23.5 Å². The van der Waals surface area contributed by atoms with Crippen LogP contribution >= 0.6 is 34.9 Å². The number of thioether (sulfide) groups is 2.